The molecule has 0 bridgehead atoms. The van der Waals surface area contributed by atoms with E-state index in [0.717, 1.165) is 24.2 Å². The van der Waals surface area contributed by atoms with Crippen LogP contribution in [0.15, 0.2) is 18.2 Å². The summed E-state index contributed by atoms with van der Waals surface area (Å²) in [7, 11) is 1.62. The molecule has 0 saturated carbocycles. The number of nitrogens with two attached hydrogens (primary N) is 1. The van der Waals surface area contributed by atoms with E-state index in [9.17, 15) is 0 Å². The van der Waals surface area contributed by atoms with E-state index in [-0.39, 0.29) is 18.7 Å². The Morgan fingerprint density at radius 2 is 2.21 bits per heavy atom. The summed E-state index contributed by atoms with van der Waals surface area (Å²) in [6.07, 6.45) is 1.66. The van der Waals surface area contributed by atoms with Crippen LogP contribution in [0.25, 0.3) is 0 Å². The average Bonchev–Trinajstić information content (AvgIpc) is 2.42. The number of halogens is 1. The molecule has 2 atom stereocenters. The average molecular weight is 287 g/mol. The second-order valence-corrected chi connectivity index (χ2v) is 4.98. The van der Waals surface area contributed by atoms with Gasteiger partial charge in [-0.05, 0) is 31.9 Å². The minimum absolute atomic E-state index is 0.0580. The van der Waals surface area contributed by atoms with Gasteiger partial charge in [-0.25, -0.2) is 0 Å². The van der Waals surface area contributed by atoms with E-state index in [4.69, 9.17) is 27.2 Å². The van der Waals surface area contributed by atoms with Gasteiger partial charge >= 0.3 is 0 Å². The highest BCUT2D eigenvalue weighted by molar-refractivity contribution is 6.31. The van der Waals surface area contributed by atoms with Gasteiger partial charge in [-0.3, -0.25) is 0 Å². The van der Waals surface area contributed by atoms with Crippen LogP contribution < -0.4 is 15.8 Å². The fourth-order valence-electron chi connectivity index (χ4n) is 2.13. The van der Waals surface area contributed by atoms with Crippen molar-refractivity contribution in [3.8, 4) is 5.75 Å². The molecule has 0 aliphatic rings. The van der Waals surface area contributed by atoms with Crippen LogP contribution in [0.1, 0.15) is 31.4 Å². The Hall–Kier alpha value is -0.810. The van der Waals surface area contributed by atoms with Gasteiger partial charge in [-0.1, -0.05) is 17.7 Å². The van der Waals surface area contributed by atoms with Crippen LogP contribution >= 0.6 is 11.6 Å². The van der Waals surface area contributed by atoms with E-state index in [1.54, 1.807) is 7.11 Å². The molecular weight excluding hydrogens is 264 g/mol. The molecule has 4 N–H and O–H groups in total. The molecule has 1 rings (SSSR count). The lowest BCUT2D eigenvalue weighted by molar-refractivity contribution is 0.273. The lowest BCUT2D eigenvalue weighted by Gasteiger charge is -2.24. The van der Waals surface area contributed by atoms with Crippen LogP contribution in [0.3, 0.4) is 0 Å². The first-order valence-electron chi connectivity index (χ1n) is 6.53. The quantitative estimate of drug-likeness (QED) is 0.685. The van der Waals surface area contributed by atoms with Crippen molar-refractivity contribution in [1.29, 1.82) is 0 Å². The van der Waals surface area contributed by atoms with Gasteiger partial charge in [0.1, 0.15) is 5.75 Å². The van der Waals surface area contributed by atoms with Gasteiger partial charge < -0.3 is 20.9 Å². The largest absolute Gasteiger partial charge is 0.496 e. The monoisotopic (exact) mass is 286 g/mol. The molecule has 19 heavy (non-hydrogen) atoms. The maximum absolute atomic E-state index is 8.86. The van der Waals surface area contributed by atoms with Crippen LogP contribution in [0.5, 0.6) is 5.75 Å². The number of hydrogen-bond acceptors (Lipinski definition) is 4. The van der Waals surface area contributed by atoms with Crippen LogP contribution in [0.2, 0.25) is 5.02 Å². The molecule has 5 heteroatoms. The van der Waals surface area contributed by atoms with Gasteiger partial charge in [-0.15, -0.1) is 0 Å². The molecular formula is C14H23ClN2O2. The van der Waals surface area contributed by atoms with Crippen molar-refractivity contribution in [1.82, 2.24) is 5.32 Å². The summed E-state index contributed by atoms with van der Waals surface area (Å²) in [5.74, 6) is 0.741. The van der Waals surface area contributed by atoms with Crippen LogP contribution in [-0.4, -0.2) is 31.4 Å². The minimum atomic E-state index is -0.0580. The van der Waals surface area contributed by atoms with Crippen molar-refractivity contribution in [2.45, 2.75) is 31.8 Å². The third-order valence-corrected chi connectivity index (χ3v) is 3.43. The van der Waals surface area contributed by atoms with E-state index < -0.39 is 0 Å². The highest BCUT2D eigenvalue weighted by Crippen LogP contribution is 2.32. The summed E-state index contributed by atoms with van der Waals surface area (Å²) < 4.78 is 5.35. The lowest BCUT2D eigenvalue weighted by atomic mass is 10.0. The van der Waals surface area contributed by atoms with Crippen LogP contribution in [0, 0.1) is 0 Å². The highest BCUT2D eigenvalue weighted by atomic mass is 35.5. The fourth-order valence-corrected chi connectivity index (χ4v) is 2.42. The lowest BCUT2D eigenvalue weighted by Crippen LogP contribution is -2.35. The Balaban J connectivity index is 2.85. The summed E-state index contributed by atoms with van der Waals surface area (Å²) in [6.45, 7) is 2.71. The molecule has 0 fully saturated rings. The van der Waals surface area contributed by atoms with E-state index in [1.807, 2.05) is 18.2 Å². The molecule has 0 amide bonds. The van der Waals surface area contributed by atoms with Gasteiger partial charge in [0.25, 0.3) is 0 Å². The van der Waals surface area contributed by atoms with Crippen molar-refractivity contribution < 1.29 is 9.84 Å². The van der Waals surface area contributed by atoms with Crippen molar-refractivity contribution in [3.63, 3.8) is 0 Å². The van der Waals surface area contributed by atoms with E-state index in [0.29, 0.717) is 11.6 Å². The number of nitrogens with one attached hydrogen (secondary N) is 1. The van der Waals surface area contributed by atoms with Crippen LogP contribution in [-0.2, 0) is 0 Å². The van der Waals surface area contributed by atoms with Gasteiger partial charge in [-0.2, -0.15) is 0 Å². The van der Waals surface area contributed by atoms with Gasteiger partial charge in [0.2, 0.25) is 0 Å². The molecule has 4 nitrogen and oxygen atoms in total. The van der Waals surface area contributed by atoms with E-state index in [2.05, 4.69) is 12.2 Å². The van der Waals surface area contributed by atoms with Gasteiger partial charge in [0.05, 0.1) is 7.11 Å². The second kappa shape index (κ2) is 8.38. The molecule has 0 aromatic heterocycles. The standard InChI is InChI=1S/C14H23ClN2O2/c1-10(5-4-8-18)17-12(9-16)14-11(15)6-3-7-13(14)19-2/h3,6-7,10,12,17-18H,4-5,8-9,16H2,1-2H3. The molecule has 1 aromatic rings. The van der Waals surface area contributed by atoms with Crippen molar-refractivity contribution in [2.24, 2.45) is 5.73 Å². The Kier molecular flexibility index (Phi) is 7.16. The molecule has 0 heterocycles. The topological polar surface area (TPSA) is 67.5 Å². The first kappa shape index (κ1) is 16.2. The number of benzene rings is 1. The molecule has 1 aromatic carbocycles. The van der Waals surface area contributed by atoms with E-state index in [1.165, 1.54) is 0 Å². The summed E-state index contributed by atoms with van der Waals surface area (Å²) in [4.78, 5) is 0. The summed E-state index contributed by atoms with van der Waals surface area (Å²) in [6, 6.07) is 5.76. The Morgan fingerprint density at radius 3 is 2.79 bits per heavy atom. The molecule has 0 spiro atoms. The first-order valence-corrected chi connectivity index (χ1v) is 6.91. The number of aliphatic hydroxyl groups is 1. The molecule has 2 unspecified atom stereocenters. The number of methoxy groups -OCH3 is 1. The highest BCUT2D eigenvalue weighted by Gasteiger charge is 2.19. The Morgan fingerprint density at radius 1 is 1.47 bits per heavy atom. The summed E-state index contributed by atoms with van der Waals surface area (Å²) in [5.41, 5.74) is 6.74. The van der Waals surface area contributed by atoms with Gasteiger partial charge in [0.15, 0.2) is 0 Å². The predicted molar refractivity (Wildman–Crippen MR) is 78.7 cm³/mol. The van der Waals surface area contributed by atoms with Crippen molar-refractivity contribution in [3.05, 3.63) is 28.8 Å². The third kappa shape index (κ3) is 4.66. The summed E-state index contributed by atoms with van der Waals surface area (Å²) in [5, 5.41) is 12.9. The number of rotatable bonds is 8. The zero-order valence-corrected chi connectivity index (χ0v) is 12.3. The summed E-state index contributed by atoms with van der Waals surface area (Å²) >= 11 is 6.25. The number of aliphatic hydroxyl groups excluding tert-OH is 1. The van der Waals surface area contributed by atoms with Gasteiger partial charge in [0, 0.05) is 35.8 Å². The zero-order chi connectivity index (χ0) is 14.3. The number of ether oxygens (including phenoxy) is 1. The maximum Gasteiger partial charge on any atom is 0.125 e. The smallest absolute Gasteiger partial charge is 0.125 e. The molecule has 0 radical (unpaired) electrons. The second-order valence-electron chi connectivity index (χ2n) is 4.58. The predicted octanol–water partition coefficient (Wildman–Crippen LogP) is 2.10. The van der Waals surface area contributed by atoms with Crippen LogP contribution in [0.4, 0.5) is 0 Å². The number of hydrogen-bond donors (Lipinski definition) is 3. The Bertz CT molecular complexity index is 388. The molecule has 108 valence electrons. The minimum Gasteiger partial charge on any atom is -0.496 e. The first-order chi connectivity index (χ1) is 9.13. The Labute approximate surface area is 119 Å². The van der Waals surface area contributed by atoms with E-state index >= 15 is 0 Å². The maximum atomic E-state index is 8.86. The van der Waals surface area contributed by atoms with Crippen molar-refractivity contribution in [2.75, 3.05) is 20.3 Å². The van der Waals surface area contributed by atoms with Crippen molar-refractivity contribution >= 4 is 11.6 Å². The molecule has 0 saturated heterocycles. The zero-order valence-electron chi connectivity index (χ0n) is 11.5. The third-order valence-electron chi connectivity index (χ3n) is 3.10. The molecule has 0 aliphatic heterocycles. The fraction of sp³-hybridized carbons (Fsp3) is 0.571. The SMILES string of the molecule is COc1cccc(Cl)c1C(CN)NC(C)CCCO. The normalized spacial score (nSPS) is 14.2. The molecule has 0 aliphatic carbocycles.